The third-order valence-corrected chi connectivity index (χ3v) is 13.4. The molecule has 0 aliphatic carbocycles. The predicted octanol–water partition coefficient (Wildman–Crippen LogP) is 23.0. The highest BCUT2D eigenvalue weighted by Gasteiger charge is 2.19. The summed E-state index contributed by atoms with van der Waals surface area (Å²) >= 11 is 0. The van der Waals surface area contributed by atoms with Gasteiger partial charge in [-0.25, -0.2) is 0 Å². The molecule has 0 aromatic carbocycles. The summed E-state index contributed by atoms with van der Waals surface area (Å²) in [7, 11) is 0. The number of esters is 3. The minimum Gasteiger partial charge on any atom is -0.462 e. The largest absolute Gasteiger partial charge is 0.462 e. The number of ether oxygens (including phenoxy) is 3. The fraction of sp³-hybridized carbons (Fsp3) is 0.592. The standard InChI is InChI=1S/C76H120O6/c1-4-7-10-13-16-19-22-25-27-29-30-31-32-33-34-35-36-37-38-39-40-41-42-43-44-45-46-47-49-51-54-57-60-63-66-69-75(78)81-72-73(71-80-74(77)68-65-62-59-56-53-50-24-21-18-15-12-9-6-3)82-76(79)70-67-64-61-58-55-52-48-28-26-23-20-17-14-11-8-5-2/h7,9-10,12,16,18-19,21,25,27-28,30-31,33-34,36-37,39-40,42-43,45-46,48,50,53,59,62,73H,4-6,8,11,13-15,17,20,22-24,26,29,32,35,38,41,44,47,49,51-52,54-58,60-61,63-72H2,1-3H3/b10-7-,12-9-,19-16-,21-18-,27-25-,31-30-,34-33-,37-36-,40-39-,43-42-,46-45-,48-28-,53-50-,62-59-. The van der Waals surface area contributed by atoms with Gasteiger partial charge in [-0.1, -0.05) is 281 Å². The van der Waals surface area contributed by atoms with E-state index in [1.165, 1.54) is 77.0 Å². The summed E-state index contributed by atoms with van der Waals surface area (Å²) in [6.07, 6.45) is 101. The summed E-state index contributed by atoms with van der Waals surface area (Å²) in [5, 5.41) is 0. The van der Waals surface area contributed by atoms with Crippen molar-refractivity contribution >= 4 is 17.9 Å². The maximum absolute atomic E-state index is 12.9. The monoisotopic (exact) mass is 1130 g/mol. The van der Waals surface area contributed by atoms with Crippen LogP contribution in [0, 0.1) is 0 Å². The van der Waals surface area contributed by atoms with E-state index < -0.39 is 6.10 Å². The number of hydrogen-bond donors (Lipinski definition) is 0. The number of hydrogen-bond acceptors (Lipinski definition) is 6. The smallest absolute Gasteiger partial charge is 0.306 e. The van der Waals surface area contributed by atoms with Gasteiger partial charge >= 0.3 is 17.9 Å². The second-order valence-corrected chi connectivity index (χ2v) is 21.3. The van der Waals surface area contributed by atoms with Crippen LogP contribution in [0.15, 0.2) is 170 Å². The van der Waals surface area contributed by atoms with Crippen LogP contribution in [0.25, 0.3) is 0 Å². The van der Waals surface area contributed by atoms with Gasteiger partial charge in [-0.05, 0) is 141 Å². The average Bonchev–Trinajstić information content (AvgIpc) is 3.47. The first-order valence-corrected chi connectivity index (χ1v) is 33.1. The van der Waals surface area contributed by atoms with Crippen molar-refractivity contribution in [3.63, 3.8) is 0 Å². The molecule has 0 bridgehead atoms. The predicted molar refractivity (Wildman–Crippen MR) is 357 cm³/mol. The Balaban J connectivity index is 4.33. The van der Waals surface area contributed by atoms with Gasteiger partial charge in [0.25, 0.3) is 0 Å². The molecule has 0 radical (unpaired) electrons. The summed E-state index contributed by atoms with van der Waals surface area (Å²) < 4.78 is 16.8. The Labute approximate surface area is 504 Å². The summed E-state index contributed by atoms with van der Waals surface area (Å²) in [6.45, 7) is 6.32. The molecule has 0 saturated heterocycles. The fourth-order valence-corrected chi connectivity index (χ4v) is 8.56. The van der Waals surface area contributed by atoms with E-state index in [-0.39, 0.29) is 37.5 Å². The molecule has 0 rings (SSSR count). The van der Waals surface area contributed by atoms with Gasteiger partial charge in [-0.15, -0.1) is 0 Å². The van der Waals surface area contributed by atoms with E-state index in [2.05, 4.69) is 179 Å². The van der Waals surface area contributed by atoms with Crippen LogP contribution in [0.5, 0.6) is 0 Å². The van der Waals surface area contributed by atoms with Crippen molar-refractivity contribution in [3.05, 3.63) is 170 Å². The zero-order valence-corrected chi connectivity index (χ0v) is 52.7. The van der Waals surface area contributed by atoms with E-state index in [4.69, 9.17) is 14.2 Å². The van der Waals surface area contributed by atoms with Gasteiger partial charge in [0.15, 0.2) is 6.10 Å². The van der Waals surface area contributed by atoms with Crippen LogP contribution in [0.2, 0.25) is 0 Å². The molecule has 82 heavy (non-hydrogen) atoms. The van der Waals surface area contributed by atoms with Crippen molar-refractivity contribution in [1.82, 2.24) is 0 Å². The van der Waals surface area contributed by atoms with Crippen molar-refractivity contribution in [2.24, 2.45) is 0 Å². The molecule has 0 aromatic heterocycles. The zero-order valence-electron chi connectivity index (χ0n) is 52.7. The fourth-order valence-electron chi connectivity index (χ4n) is 8.56. The molecule has 0 aromatic rings. The molecule has 1 atom stereocenters. The number of carbonyl (C=O) groups excluding carboxylic acids is 3. The van der Waals surface area contributed by atoms with Crippen LogP contribution in [-0.2, 0) is 28.6 Å². The normalized spacial score (nSPS) is 13.3. The van der Waals surface area contributed by atoms with Gasteiger partial charge in [0.2, 0.25) is 0 Å². The molecular weight excluding hydrogens is 1010 g/mol. The van der Waals surface area contributed by atoms with Crippen LogP contribution >= 0.6 is 0 Å². The van der Waals surface area contributed by atoms with E-state index in [1.54, 1.807) is 0 Å². The second-order valence-electron chi connectivity index (χ2n) is 21.3. The lowest BCUT2D eigenvalue weighted by Crippen LogP contribution is -2.30. The molecule has 1 unspecified atom stereocenters. The molecular formula is C76H120O6. The van der Waals surface area contributed by atoms with Gasteiger partial charge < -0.3 is 14.2 Å². The van der Waals surface area contributed by atoms with E-state index in [0.717, 1.165) is 148 Å². The highest BCUT2D eigenvalue weighted by Crippen LogP contribution is 2.14. The van der Waals surface area contributed by atoms with Crippen molar-refractivity contribution < 1.29 is 28.6 Å². The molecule has 460 valence electrons. The molecule has 0 aliphatic rings. The zero-order chi connectivity index (χ0) is 59.2. The third kappa shape index (κ3) is 65.6. The Kier molecular flexibility index (Phi) is 63.9. The van der Waals surface area contributed by atoms with Crippen molar-refractivity contribution in [2.45, 2.75) is 277 Å². The number of allylic oxidation sites excluding steroid dienone is 28. The van der Waals surface area contributed by atoms with E-state index in [1.807, 2.05) is 12.2 Å². The summed E-state index contributed by atoms with van der Waals surface area (Å²) in [5.41, 5.74) is 0. The Morgan fingerprint density at radius 2 is 0.500 bits per heavy atom. The molecule has 0 aliphatic heterocycles. The van der Waals surface area contributed by atoms with Gasteiger partial charge in [0, 0.05) is 19.3 Å². The summed E-state index contributed by atoms with van der Waals surface area (Å²) in [4.78, 5) is 38.2. The summed E-state index contributed by atoms with van der Waals surface area (Å²) in [6, 6.07) is 0. The Bertz CT molecular complexity index is 1870. The molecule has 0 N–H and O–H groups in total. The van der Waals surface area contributed by atoms with Gasteiger partial charge in [-0.3, -0.25) is 14.4 Å². The first-order chi connectivity index (χ1) is 40.5. The first kappa shape index (κ1) is 76.8. The van der Waals surface area contributed by atoms with Crippen molar-refractivity contribution in [3.8, 4) is 0 Å². The number of unbranched alkanes of at least 4 members (excludes halogenated alkanes) is 19. The van der Waals surface area contributed by atoms with Crippen LogP contribution in [-0.4, -0.2) is 37.2 Å². The minimum atomic E-state index is -0.824. The maximum atomic E-state index is 12.9. The van der Waals surface area contributed by atoms with E-state index in [0.29, 0.717) is 19.3 Å². The average molecular weight is 1130 g/mol. The third-order valence-electron chi connectivity index (χ3n) is 13.4. The van der Waals surface area contributed by atoms with Crippen molar-refractivity contribution in [1.29, 1.82) is 0 Å². The molecule has 0 spiro atoms. The summed E-state index contributed by atoms with van der Waals surface area (Å²) in [5.74, 6) is -1.02. The van der Waals surface area contributed by atoms with Gasteiger partial charge in [0.1, 0.15) is 13.2 Å². The minimum absolute atomic E-state index is 0.115. The lowest BCUT2D eigenvalue weighted by atomic mass is 10.1. The van der Waals surface area contributed by atoms with E-state index >= 15 is 0 Å². The highest BCUT2D eigenvalue weighted by atomic mass is 16.6. The van der Waals surface area contributed by atoms with Gasteiger partial charge in [0.05, 0.1) is 0 Å². The first-order valence-electron chi connectivity index (χ1n) is 33.1. The number of rotatable bonds is 58. The molecule has 6 nitrogen and oxygen atoms in total. The highest BCUT2D eigenvalue weighted by molar-refractivity contribution is 5.71. The lowest BCUT2D eigenvalue weighted by Gasteiger charge is -2.18. The number of carbonyl (C=O) groups is 3. The van der Waals surface area contributed by atoms with Crippen LogP contribution in [0.1, 0.15) is 271 Å². The Morgan fingerprint density at radius 3 is 0.829 bits per heavy atom. The molecule has 0 heterocycles. The van der Waals surface area contributed by atoms with Crippen LogP contribution < -0.4 is 0 Å². The second kappa shape index (κ2) is 68.3. The molecule has 0 saturated carbocycles. The molecule has 0 fully saturated rings. The SMILES string of the molecule is CC/C=C\C/C=C\C/C=C\C/C=C\C/C=C\C/C=C\C/C=C\C/C=C\C/C=C\CCCCCCCCCC(=O)OCC(COC(=O)CC/C=C\C/C=C\C/C=C\C/C=C\CC)OC(=O)CCCCCCC/C=C\CCCCCCCCC. The topological polar surface area (TPSA) is 78.9 Å². The molecule has 0 amide bonds. The van der Waals surface area contributed by atoms with Crippen LogP contribution in [0.3, 0.4) is 0 Å². The Hall–Kier alpha value is -5.23. The maximum Gasteiger partial charge on any atom is 0.306 e. The van der Waals surface area contributed by atoms with Gasteiger partial charge in [-0.2, -0.15) is 0 Å². The Morgan fingerprint density at radius 1 is 0.256 bits per heavy atom. The van der Waals surface area contributed by atoms with Crippen molar-refractivity contribution in [2.75, 3.05) is 13.2 Å². The lowest BCUT2D eigenvalue weighted by molar-refractivity contribution is -0.166. The quantitative estimate of drug-likeness (QED) is 0.0261. The van der Waals surface area contributed by atoms with E-state index in [9.17, 15) is 14.4 Å². The molecule has 6 heteroatoms. The van der Waals surface area contributed by atoms with Crippen LogP contribution in [0.4, 0.5) is 0 Å².